The number of unbranched alkanes of at least 4 members (excludes halogenated alkanes) is 25. The molecule has 0 fully saturated rings. The summed E-state index contributed by atoms with van der Waals surface area (Å²) in [6.07, 6.45) is 32.6. The van der Waals surface area contributed by atoms with Gasteiger partial charge in [0.2, 0.25) is 0 Å². The lowest BCUT2D eigenvalue weighted by molar-refractivity contribution is -0.161. The first-order valence-electron chi connectivity index (χ1n) is 18.8. The van der Waals surface area contributed by atoms with E-state index in [1.807, 2.05) is 0 Å². The van der Waals surface area contributed by atoms with E-state index < -0.39 is 32.5 Å². The fraction of sp³-hybridized carbons (Fsp3) is 0.944. The number of hydrogen-bond acceptors (Lipinski definition) is 6. The Labute approximate surface area is 276 Å². The number of hydrogen-bond donors (Lipinski definition) is 2. The van der Waals surface area contributed by atoms with Crippen LogP contribution in [-0.4, -0.2) is 41.0 Å². The Hall–Kier alpha value is -0.950. The molecule has 1 unspecified atom stereocenters. The normalized spacial score (nSPS) is 12.4. The molecule has 2 N–H and O–H groups in total. The molecule has 0 spiro atoms. The molecule has 9 heteroatoms. The van der Waals surface area contributed by atoms with Crippen LogP contribution in [0.4, 0.5) is 0 Å². The Kier molecular flexibility index (Phi) is 32.3. The highest BCUT2D eigenvalue weighted by Crippen LogP contribution is 2.36. The Morgan fingerprint density at radius 3 is 1.13 bits per heavy atom. The highest BCUT2D eigenvalue weighted by molar-refractivity contribution is 7.46. The first-order valence-corrected chi connectivity index (χ1v) is 20.4. The van der Waals surface area contributed by atoms with E-state index in [1.165, 1.54) is 135 Å². The van der Waals surface area contributed by atoms with Gasteiger partial charge in [0.1, 0.15) is 6.61 Å². The fourth-order valence-corrected chi connectivity index (χ4v) is 5.91. The first-order chi connectivity index (χ1) is 21.8. The molecule has 0 aromatic rings. The molecule has 0 saturated heterocycles. The minimum absolute atomic E-state index is 0.220. The van der Waals surface area contributed by atoms with E-state index in [2.05, 4.69) is 18.4 Å². The van der Waals surface area contributed by atoms with E-state index in [0.29, 0.717) is 6.42 Å². The van der Waals surface area contributed by atoms with Gasteiger partial charge in [-0.2, -0.15) is 0 Å². The van der Waals surface area contributed by atoms with E-state index >= 15 is 0 Å². The number of phosphoric ester groups is 1. The van der Waals surface area contributed by atoms with Crippen LogP contribution in [0.1, 0.15) is 200 Å². The summed E-state index contributed by atoms with van der Waals surface area (Å²) in [7, 11) is -4.74. The van der Waals surface area contributed by atoms with Gasteiger partial charge < -0.3 is 19.3 Å². The van der Waals surface area contributed by atoms with Crippen LogP contribution in [-0.2, 0) is 28.2 Å². The molecule has 8 nitrogen and oxygen atoms in total. The van der Waals surface area contributed by atoms with Gasteiger partial charge >= 0.3 is 19.8 Å². The minimum Gasteiger partial charge on any atom is -0.462 e. The van der Waals surface area contributed by atoms with Crippen LogP contribution in [0.15, 0.2) is 0 Å². The van der Waals surface area contributed by atoms with Crippen LogP contribution >= 0.6 is 7.82 Å². The van der Waals surface area contributed by atoms with Gasteiger partial charge in [0, 0.05) is 12.8 Å². The van der Waals surface area contributed by atoms with Crippen molar-refractivity contribution in [2.45, 2.75) is 206 Å². The van der Waals surface area contributed by atoms with Crippen molar-refractivity contribution in [3.63, 3.8) is 0 Å². The summed E-state index contributed by atoms with van der Waals surface area (Å²) in [5.41, 5.74) is 0. The lowest BCUT2D eigenvalue weighted by atomic mass is 10.0. The maximum atomic E-state index is 12.3. The maximum absolute atomic E-state index is 12.3. The Balaban J connectivity index is 3.86. The fourth-order valence-electron chi connectivity index (χ4n) is 5.55. The van der Waals surface area contributed by atoms with Gasteiger partial charge in [-0.05, 0) is 12.8 Å². The van der Waals surface area contributed by atoms with Crippen molar-refractivity contribution in [3.05, 3.63) is 0 Å². The van der Waals surface area contributed by atoms with Crippen LogP contribution in [0.5, 0.6) is 0 Å². The zero-order chi connectivity index (χ0) is 33.3. The zero-order valence-corrected chi connectivity index (χ0v) is 30.2. The molecule has 0 saturated carbocycles. The molecule has 0 radical (unpaired) electrons. The molecule has 0 aliphatic rings. The average molecular weight is 663 g/mol. The van der Waals surface area contributed by atoms with Crippen molar-refractivity contribution in [2.75, 3.05) is 13.2 Å². The summed E-state index contributed by atoms with van der Waals surface area (Å²) in [5, 5.41) is 0. The Bertz CT molecular complexity index is 711. The highest BCUT2D eigenvalue weighted by atomic mass is 31.2. The monoisotopic (exact) mass is 662 g/mol. The van der Waals surface area contributed by atoms with Gasteiger partial charge in [-0.3, -0.25) is 14.1 Å². The number of phosphoric acid groups is 1. The molecule has 0 aliphatic heterocycles. The summed E-state index contributed by atoms with van der Waals surface area (Å²) in [4.78, 5) is 42.6. The highest BCUT2D eigenvalue weighted by Gasteiger charge is 2.22. The van der Waals surface area contributed by atoms with Crippen molar-refractivity contribution < 1.29 is 37.9 Å². The third-order valence-corrected chi connectivity index (χ3v) is 8.86. The Morgan fingerprint density at radius 2 is 0.800 bits per heavy atom. The van der Waals surface area contributed by atoms with E-state index in [-0.39, 0.29) is 19.4 Å². The van der Waals surface area contributed by atoms with Crippen molar-refractivity contribution >= 4 is 19.8 Å². The summed E-state index contributed by atoms with van der Waals surface area (Å²) in [5.74, 6) is -0.875. The number of carbonyl (C=O) groups excluding carboxylic acids is 2. The second-order valence-corrected chi connectivity index (χ2v) is 14.2. The molecule has 0 amide bonds. The molecule has 0 aromatic heterocycles. The van der Waals surface area contributed by atoms with E-state index in [1.54, 1.807) is 0 Å². The summed E-state index contributed by atoms with van der Waals surface area (Å²) in [6, 6.07) is 0. The number of rotatable bonds is 35. The molecule has 45 heavy (non-hydrogen) atoms. The number of ether oxygens (including phenoxy) is 2. The van der Waals surface area contributed by atoms with Crippen LogP contribution in [0, 0.1) is 0 Å². The van der Waals surface area contributed by atoms with Crippen LogP contribution in [0.25, 0.3) is 0 Å². The zero-order valence-electron chi connectivity index (χ0n) is 29.3. The van der Waals surface area contributed by atoms with Gasteiger partial charge in [0.15, 0.2) is 6.10 Å². The van der Waals surface area contributed by atoms with Gasteiger partial charge in [0.05, 0.1) is 6.61 Å². The predicted molar refractivity (Wildman–Crippen MR) is 184 cm³/mol. The predicted octanol–water partition coefficient (Wildman–Crippen LogP) is 10.9. The quantitative estimate of drug-likeness (QED) is 0.0391. The standard InChI is InChI=1S/C36H71O8P/c1-3-5-7-9-11-13-14-15-16-17-18-19-20-21-23-25-27-29-31-36(38)44-34(33-43-45(39,40)41)32-42-35(37)30-28-26-24-22-12-10-8-6-4-2/h34H,3-33H2,1-2H3,(H2,39,40,41). The smallest absolute Gasteiger partial charge is 0.462 e. The molecule has 0 aromatic carbocycles. The van der Waals surface area contributed by atoms with Gasteiger partial charge in [-0.1, -0.05) is 174 Å². The molecule has 1 atom stereocenters. The van der Waals surface area contributed by atoms with Gasteiger partial charge in [-0.15, -0.1) is 0 Å². The molecule has 0 bridgehead atoms. The molecule has 0 heterocycles. The van der Waals surface area contributed by atoms with Crippen molar-refractivity contribution in [1.29, 1.82) is 0 Å². The van der Waals surface area contributed by atoms with Gasteiger partial charge in [-0.25, -0.2) is 4.57 Å². The van der Waals surface area contributed by atoms with E-state index in [0.717, 1.165) is 32.1 Å². The Morgan fingerprint density at radius 1 is 0.489 bits per heavy atom. The minimum atomic E-state index is -4.74. The molecule has 0 rings (SSSR count). The van der Waals surface area contributed by atoms with E-state index in [4.69, 9.17) is 19.3 Å². The van der Waals surface area contributed by atoms with Crippen molar-refractivity contribution in [3.8, 4) is 0 Å². The molecule has 268 valence electrons. The number of carbonyl (C=O) groups is 2. The lowest BCUT2D eigenvalue weighted by Gasteiger charge is -2.18. The molecular weight excluding hydrogens is 591 g/mol. The van der Waals surface area contributed by atoms with Crippen LogP contribution < -0.4 is 0 Å². The SMILES string of the molecule is CCCCCCCCCCCCCCCCCCCCC(=O)OC(COC(=O)CCCCCCCCCCC)COP(=O)(O)O. The second kappa shape index (κ2) is 33.0. The third kappa shape index (κ3) is 35.7. The second-order valence-electron chi connectivity index (χ2n) is 12.9. The average Bonchev–Trinajstić information content (AvgIpc) is 3.00. The van der Waals surface area contributed by atoms with Gasteiger partial charge in [0.25, 0.3) is 0 Å². The van der Waals surface area contributed by atoms with Crippen LogP contribution in [0.2, 0.25) is 0 Å². The van der Waals surface area contributed by atoms with Crippen molar-refractivity contribution in [2.24, 2.45) is 0 Å². The molecule has 0 aliphatic carbocycles. The third-order valence-electron chi connectivity index (χ3n) is 8.38. The summed E-state index contributed by atoms with van der Waals surface area (Å²) < 4.78 is 26.2. The maximum Gasteiger partial charge on any atom is 0.469 e. The van der Waals surface area contributed by atoms with Crippen LogP contribution in [0.3, 0.4) is 0 Å². The summed E-state index contributed by atoms with van der Waals surface area (Å²) in [6.45, 7) is 3.67. The topological polar surface area (TPSA) is 119 Å². The number of esters is 2. The van der Waals surface area contributed by atoms with E-state index in [9.17, 15) is 14.2 Å². The van der Waals surface area contributed by atoms with Crippen molar-refractivity contribution in [1.82, 2.24) is 0 Å². The summed E-state index contributed by atoms with van der Waals surface area (Å²) >= 11 is 0. The largest absolute Gasteiger partial charge is 0.469 e. The first kappa shape index (κ1) is 44.0. The lowest BCUT2D eigenvalue weighted by Crippen LogP contribution is -2.29. The molecular formula is C36H71O8P.